The van der Waals surface area contributed by atoms with E-state index in [9.17, 15) is 0 Å². The SMILES string of the molecule is CC(C)c1cccc(C(C)C)c1-c1ccc2c(c1)c1ccccc1n2-c1cccc2c1oc1ccc(-c3ccccc3)cc12. The van der Waals surface area contributed by atoms with Gasteiger partial charge in [0.05, 0.1) is 16.7 Å². The van der Waals surface area contributed by atoms with Crippen LogP contribution >= 0.6 is 0 Å². The number of hydrogen-bond donors (Lipinski definition) is 0. The predicted molar refractivity (Wildman–Crippen MR) is 187 cm³/mol. The Bertz CT molecular complexity index is 2310. The molecule has 0 saturated carbocycles. The second-order valence-corrected chi connectivity index (χ2v) is 12.5. The van der Waals surface area contributed by atoms with Gasteiger partial charge < -0.3 is 8.98 Å². The minimum absolute atomic E-state index is 0.439. The first-order chi connectivity index (χ1) is 21.5. The molecule has 0 N–H and O–H groups in total. The maximum atomic E-state index is 6.65. The van der Waals surface area contributed by atoms with Gasteiger partial charge in [0.25, 0.3) is 0 Å². The highest BCUT2D eigenvalue weighted by Gasteiger charge is 2.20. The summed E-state index contributed by atoms with van der Waals surface area (Å²) < 4.78 is 9.04. The van der Waals surface area contributed by atoms with Crippen LogP contribution in [0, 0.1) is 0 Å². The average Bonchev–Trinajstić information content (AvgIpc) is 3.60. The zero-order valence-electron chi connectivity index (χ0n) is 25.6. The molecule has 8 aromatic rings. The van der Waals surface area contributed by atoms with Gasteiger partial charge in [0, 0.05) is 21.5 Å². The van der Waals surface area contributed by atoms with Gasteiger partial charge in [-0.3, -0.25) is 0 Å². The summed E-state index contributed by atoms with van der Waals surface area (Å²) in [5.41, 5.74) is 13.1. The fourth-order valence-corrected chi connectivity index (χ4v) is 7.04. The molecule has 0 aliphatic rings. The number of furan rings is 1. The Balaban J connectivity index is 1.38. The van der Waals surface area contributed by atoms with Crippen molar-refractivity contribution < 1.29 is 4.42 Å². The molecular formula is C42H35NO. The molecular weight excluding hydrogens is 534 g/mol. The molecule has 0 aliphatic carbocycles. The second-order valence-electron chi connectivity index (χ2n) is 12.5. The molecule has 2 heterocycles. The molecule has 0 spiro atoms. The monoisotopic (exact) mass is 569 g/mol. The number of nitrogens with zero attached hydrogens (tertiary/aromatic N) is 1. The van der Waals surface area contributed by atoms with E-state index in [1.54, 1.807) is 0 Å². The third kappa shape index (κ3) is 4.09. The van der Waals surface area contributed by atoms with Crippen molar-refractivity contribution in [3.8, 4) is 27.9 Å². The summed E-state index contributed by atoms with van der Waals surface area (Å²) in [6.45, 7) is 9.18. The van der Waals surface area contributed by atoms with Crippen molar-refractivity contribution in [3.05, 3.63) is 139 Å². The summed E-state index contributed by atoms with van der Waals surface area (Å²) in [6, 6.07) is 46.2. The van der Waals surface area contributed by atoms with Gasteiger partial charge in [0.15, 0.2) is 5.58 Å². The Morgan fingerprint density at radius 3 is 1.89 bits per heavy atom. The molecule has 0 saturated heterocycles. The molecule has 0 radical (unpaired) electrons. The summed E-state index contributed by atoms with van der Waals surface area (Å²) in [5, 5.41) is 4.77. The lowest BCUT2D eigenvalue weighted by Crippen LogP contribution is -2.00. The molecule has 0 fully saturated rings. The standard InChI is InChI=1S/C42H35NO/c1-26(2)31-15-10-16-32(27(3)4)41(31)30-20-22-38-35(25-30)33-14-8-9-18-37(33)43(38)39-19-11-17-34-36-24-29(28-12-6-5-7-13-28)21-23-40(36)44-42(34)39/h5-27H,1-4H3. The number of benzene rings is 6. The van der Waals surface area contributed by atoms with Crippen molar-refractivity contribution in [2.45, 2.75) is 39.5 Å². The van der Waals surface area contributed by atoms with Crippen molar-refractivity contribution >= 4 is 43.7 Å². The average molecular weight is 570 g/mol. The van der Waals surface area contributed by atoms with Crippen molar-refractivity contribution in [1.29, 1.82) is 0 Å². The topological polar surface area (TPSA) is 18.1 Å². The number of rotatable bonds is 5. The van der Waals surface area contributed by atoms with Crippen LogP contribution in [-0.2, 0) is 0 Å². The third-order valence-corrected chi connectivity index (χ3v) is 9.16. The Labute approximate surface area is 258 Å². The van der Waals surface area contributed by atoms with Crippen molar-refractivity contribution in [1.82, 2.24) is 4.57 Å². The van der Waals surface area contributed by atoms with Crippen molar-refractivity contribution in [2.24, 2.45) is 0 Å². The van der Waals surface area contributed by atoms with Crippen LogP contribution in [-0.4, -0.2) is 4.57 Å². The first-order valence-corrected chi connectivity index (χ1v) is 15.7. The molecule has 0 amide bonds. The normalized spacial score (nSPS) is 12.0. The van der Waals surface area contributed by atoms with Crippen LogP contribution in [0.25, 0.3) is 71.7 Å². The van der Waals surface area contributed by atoms with Crippen LogP contribution in [0.3, 0.4) is 0 Å². The highest BCUT2D eigenvalue weighted by molar-refractivity contribution is 6.13. The van der Waals surface area contributed by atoms with Gasteiger partial charge in [-0.25, -0.2) is 0 Å². The zero-order chi connectivity index (χ0) is 29.9. The highest BCUT2D eigenvalue weighted by Crippen LogP contribution is 2.42. The van der Waals surface area contributed by atoms with E-state index in [0.29, 0.717) is 11.8 Å². The van der Waals surface area contributed by atoms with E-state index in [1.807, 2.05) is 0 Å². The molecule has 0 aliphatic heterocycles. The molecule has 2 aromatic heterocycles. The van der Waals surface area contributed by atoms with Gasteiger partial charge in [-0.2, -0.15) is 0 Å². The first-order valence-electron chi connectivity index (χ1n) is 15.7. The number of aromatic nitrogens is 1. The molecule has 8 rings (SSSR count). The van der Waals surface area contributed by atoms with E-state index >= 15 is 0 Å². The quantitative estimate of drug-likeness (QED) is 0.202. The fourth-order valence-electron chi connectivity index (χ4n) is 7.04. The summed E-state index contributed by atoms with van der Waals surface area (Å²) >= 11 is 0. The van der Waals surface area contributed by atoms with E-state index in [-0.39, 0.29) is 0 Å². The summed E-state index contributed by atoms with van der Waals surface area (Å²) in [6.07, 6.45) is 0. The molecule has 0 bridgehead atoms. The minimum Gasteiger partial charge on any atom is -0.454 e. The van der Waals surface area contributed by atoms with Gasteiger partial charge in [0.1, 0.15) is 5.58 Å². The smallest absolute Gasteiger partial charge is 0.159 e. The van der Waals surface area contributed by atoms with Gasteiger partial charge >= 0.3 is 0 Å². The Kier molecular flexibility index (Phi) is 6.20. The van der Waals surface area contributed by atoms with Crippen LogP contribution in [0.15, 0.2) is 132 Å². The second kappa shape index (κ2) is 10.3. The van der Waals surface area contributed by atoms with Crippen molar-refractivity contribution in [3.63, 3.8) is 0 Å². The van der Waals surface area contributed by atoms with Crippen LogP contribution in [0.1, 0.15) is 50.7 Å². The molecule has 0 atom stereocenters. The molecule has 44 heavy (non-hydrogen) atoms. The lowest BCUT2D eigenvalue weighted by atomic mass is 9.85. The molecule has 2 nitrogen and oxygen atoms in total. The van der Waals surface area contributed by atoms with Gasteiger partial charge in [-0.1, -0.05) is 119 Å². The largest absolute Gasteiger partial charge is 0.454 e. The maximum absolute atomic E-state index is 6.65. The first kappa shape index (κ1) is 26.5. The third-order valence-electron chi connectivity index (χ3n) is 9.16. The van der Waals surface area contributed by atoms with E-state index in [2.05, 4.69) is 160 Å². The Morgan fingerprint density at radius 2 is 1.11 bits per heavy atom. The number of para-hydroxylation sites is 2. The minimum atomic E-state index is 0.439. The van der Waals surface area contributed by atoms with Crippen molar-refractivity contribution in [2.75, 3.05) is 0 Å². The van der Waals surface area contributed by atoms with Crippen LogP contribution in [0.5, 0.6) is 0 Å². The zero-order valence-corrected chi connectivity index (χ0v) is 25.6. The Morgan fingerprint density at radius 1 is 0.477 bits per heavy atom. The van der Waals surface area contributed by atoms with E-state index in [0.717, 1.165) is 27.6 Å². The maximum Gasteiger partial charge on any atom is 0.159 e. The molecule has 6 aromatic carbocycles. The lowest BCUT2D eigenvalue weighted by molar-refractivity contribution is 0.666. The molecule has 214 valence electrons. The van der Waals surface area contributed by atoms with E-state index in [4.69, 9.17) is 4.42 Å². The van der Waals surface area contributed by atoms with Crippen LogP contribution in [0.4, 0.5) is 0 Å². The number of hydrogen-bond acceptors (Lipinski definition) is 1. The van der Waals surface area contributed by atoms with E-state index < -0.39 is 0 Å². The summed E-state index contributed by atoms with van der Waals surface area (Å²) in [5.74, 6) is 0.877. The van der Waals surface area contributed by atoms with Gasteiger partial charge in [-0.15, -0.1) is 0 Å². The van der Waals surface area contributed by atoms with E-state index in [1.165, 1.54) is 55.2 Å². The van der Waals surface area contributed by atoms with Gasteiger partial charge in [-0.05, 0) is 81.6 Å². The molecule has 0 unspecified atom stereocenters. The highest BCUT2D eigenvalue weighted by atomic mass is 16.3. The van der Waals surface area contributed by atoms with Crippen LogP contribution < -0.4 is 0 Å². The summed E-state index contributed by atoms with van der Waals surface area (Å²) in [7, 11) is 0. The lowest BCUT2D eigenvalue weighted by Gasteiger charge is -2.20. The summed E-state index contributed by atoms with van der Waals surface area (Å²) in [4.78, 5) is 0. The van der Waals surface area contributed by atoms with Gasteiger partial charge in [0.2, 0.25) is 0 Å². The number of fused-ring (bicyclic) bond motifs is 6. The Hall–Kier alpha value is -5.08. The predicted octanol–water partition coefficient (Wildman–Crippen LogP) is 12.3. The molecule has 2 heteroatoms. The fraction of sp³-hybridized carbons (Fsp3) is 0.143. The van der Waals surface area contributed by atoms with Crippen LogP contribution in [0.2, 0.25) is 0 Å².